The highest BCUT2D eigenvalue weighted by atomic mass is 16.4. The predicted octanol–water partition coefficient (Wildman–Crippen LogP) is 7.24. The van der Waals surface area contributed by atoms with E-state index in [9.17, 15) is 9.59 Å². The average molecular weight is 453 g/mol. The summed E-state index contributed by atoms with van der Waals surface area (Å²) in [7, 11) is 0. The van der Waals surface area contributed by atoms with E-state index in [4.69, 9.17) is 10.2 Å². The Morgan fingerprint density at radius 1 is 0.500 bits per heavy atom. The SMILES string of the molecule is Cc1ccccc1C=Cc1ccccc1C.O=C(O)c1ccccc1.O=C(O)c1ccccc1. The molecule has 0 bridgehead atoms. The van der Waals surface area contributed by atoms with Gasteiger partial charge in [0.1, 0.15) is 0 Å². The third kappa shape index (κ3) is 8.97. The van der Waals surface area contributed by atoms with E-state index >= 15 is 0 Å². The van der Waals surface area contributed by atoms with Gasteiger partial charge in [0.25, 0.3) is 0 Å². The van der Waals surface area contributed by atoms with E-state index in [2.05, 4.69) is 74.5 Å². The van der Waals surface area contributed by atoms with Crippen LogP contribution in [0.1, 0.15) is 43.0 Å². The molecule has 0 unspecified atom stereocenters. The maximum absolute atomic E-state index is 10.2. The Kier molecular flexibility index (Phi) is 10.5. The molecule has 0 saturated carbocycles. The number of carboxylic acid groups (broad SMARTS) is 2. The maximum atomic E-state index is 10.2. The Balaban J connectivity index is 0.000000194. The summed E-state index contributed by atoms with van der Waals surface area (Å²) in [6.07, 6.45) is 4.36. The van der Waals surface area contributed by atoms with Crippen LogP contribution < -0.4 is 0 Å². The largest absolute Gasteiger partial charge is 0.478 e. The summed E-state index contributed by atoms with van der Waals surface area (Å²) < 4.78 is 0. The molecule has 0 heterocycles. The number of aromatic carboxylic acids is 2. The molecule has 4 aromatic carbocycles. The van der Waals surface area contributed by atoms with E-state index in [1.807, 2.05) is 0 Å². The summed E-state index contributed by atoms with van der Waals surface area (Å²) in [5, 5.41) is 16.8. The van der Waals surface area contributed by atoms with E-state index < -0.39 is 11.9 Å². The number of carbonyl (C=O) groups is 2. The van der Waals surface area contributed by atoms with Crippen LogP contribution in [0.15, 0.2) is 109 Å². The molecule has 0 aromatic heterocycles. The van der Waals surface area contributed by atoms with Crippen LogP contribution in [0.25, 0.3) is 12.2 Å². The number of hydrogen-bond acceptors (Lipinski definition) is 2. The van der Waals surface area contributed by atoms with Gasteiger partial charge in [-0.15, -0.1) is 0 Å². The number of carboxylic acids is 2. The Hall–Kier alpha value is -4.44. The zero-order valence-corrected chi connectivity index (χ0v) is 19.3. The molecule has 0 radical (unpaired) electrons. The van der Waals surface area contributed by atoms with Crippen LogP contribution in [0.3, 0.4) is 0 Å². The van der Waals surface area contributed by atoms with Crippen molar-refractivity contribution in [2.75, 3.05) is 0 Å². The molecule has 2 N–H and O–H groups in total. The smallest absolute Gasteiger partial charge is 0.335 e. The normalized spacial score (nSPS) is 9.82. The number of benzene rings is 4. The lowest BCUT2D eigenvalue weighted by Crippen LogP contribution is -1.93. The first-order chi connectivity index (χ1) is 16.4. The van der Waals surface area contributed by atoms with E-state index in [-0.39, 0.29) is 0 Å². The molecule has 4 rings (SSSR count). The summed E-state index contributed by atoms with van der Waals surface area (Å²) in [6.45, 7) is 4.27. The molecule has 172 valence electrons. The number of rotatable bonds is 4. The minimum Gasteiger partial charge on any atom is -0.478 e. The predicted molar refractivity (Wildman–Crippen MR) is 138 cm³/mol. The van der Waals surface area contributed by atoms with Crippen molar-refractivity contribution in [3.05, 3.63) is 143 Å². The highest BCUT2D eigenvalue weighted by Crippen LogP contribution is 2.14. The Morgan fingerprint density at radius 3 is 1.06 bits per heavy atom. The van der Waals surface area contributed by atoms with Crippen molar-refractivity contribution in [1.29, 1.82) is 0 Å². The zero-order chi connectivity index (χ0) is 24.8. The van der Waals surface area contributed by atoms with Gasteiger partial charge in [-0.3, -0.25) is 0 Å². The van der Waals surface area contributed by atoms with Gasteiger partial charge in [-0.1, -0.05) is 97.1 Å². The highest BCUT2D eigenvalue weighted by molar-refractivity contribution is 5.87. The van der Waals surface area contributed by atoms with Crippen molar-refractivity contribution in [1.82, 2.24) is 0 Å². The average Bonchev–Trinajstić information content (AvgIpc) is 2.86. The molecule has 34 heavy (non-hydrogen) atoms. The van der Waals surface area contributed by atoms with Gasteiger partial charge in [-0.05, 0) is 60.4 Å². The second kappa shape index (κ2) is 13.9. The molecule has 0 amide bonds. The fraction of sp³-hybridized carbons (Fsp3) is 0.0667. The molecule has 0 aliphatic carbocycles. The summed E-state index contributed by atoms with van der Waals surface area (Å²) in [6, 6.07) is 33.4. The summed E-state index contributed by atoms with van der Waals surface area (Å²) in [5.74, 6) is -1.76. The van der Waals surface area contributed by atoms with Gasteiger partial charge in [0.2, 0.25) is 0 Å². The highest BCUT2D eigenvalue weighted by Gasteiger charge is 1.97. The van der Waals surface area contributed by atoms with Gasteiger partial charge in [-0.25, -0.2) is 9.59 Å². The van der Waals surface area contributed by atoms with Crippen molar-refractivity contribution in [2.24, 2.45) is 0 Å². The monoisotopic (exact) mass is 452 g/mol. The van der Waals surface area contributed by atoms with Gasteiger partial charge in [0.05, 0.1) is 11.1 Å². The van der Waals surface area contributed by atoms with Crippen LogP contribution in [0.5, 0.6) is 0 Å². The molecule has 0 fully saturated rings. The van der Waals surface area contributed by atoms with Crippen molar-refractivity contribution >= 4 is 24.1 Å². The van der Waals surface area contributed by atoms with E-state index in [0.29, 0.717) is 11.1 Å². The summed E-state index contributed by atoms with van der Waals surface area (Å²) >= 11 is 0. The Bertz CT molecular complexity index is 1120. The van der Waals surface area contributed by atoms with Gasteiger partial charge in [0, 0.05) is 0 Å². The van der Waals surface area contributed by atoms with Crippen LogP contribution in [-0.4, -0.2) is 22.2 Å². The molecule has 4 aromatic rings. The van der Waals surface area contributed by atoms with Crippen LogP contribution in [0.4, 0.5) is 0 Å². The minimum absolute atomic E-state index is 0.331. The summed E-state index contributed by atoms with van der Waals surface area (Å²) in [5.41, 5.74) is 5.85. The van der Waals surface area contributed by atoms with Crippen LogP contribution in [0, 0.1) is 13.8 Å². The van der Waals surface area contributed by atoms with Crippen molar-refractivity contribution in [3.8, 4) is 0 Å². The molecule has 0 aliphatic rings. The van der Waals surface area contributed by atoms with Gasteiger partial charge >= 0.3 is 11.9 Å². The number of hydrogen-bond donors (Lipinski definition) is 2. The van der Waals surface area contributed by atoms with Crippen molar-refractivity contribution < 1.29 is 19.8 Å². The van der Waals surface area contributed by atoms with E-state index in [0.717, 1.165) is 0 Å². The molecule has 4 nitrogen and oxygen atoms in total. The molecular weight excluding hydrogens is 424 g/mol. The fourth-order valence-corrected chi connectivity index (χ4v) is 2.89. The topological polar surface area (TPSA) is 74.6 Å². The third-order valence-electron chi connectivity index (χ3n) is 4.86. The molecular formula is C30H28O4. The van der Waals surface area contributed by atoms with Gasteiger partial charge < -0.3 is 10.2 Å². The molecule has 0 aliphatic heterocycles. The first kappa shape index (κ1) is 25.8. The molecule has 0 saturated heterocycles. The van der Waals surface area contributed by atoms with Crippen LogP contribution >= 0.6 is 0 Å². The first-order valence-corrected chi connectivity index (χ1v) is 10.7. The molecule has 0 atom stereocenters. The second-order valence-corrected chi connectivity index (χ2v) is 7.39. The Labute approximate surface area is 200 Å². The lowest BCUT2D eigenvalue weighted by atomic mass is 10.0. The van der Waals surface area contributed by atoms with Crippen molar-refractivity contribution in [3.63, 3.8) is 0 Å². The van der Waals surface area contributed by atoms with Gasteiger partial charge in [0.15, 0.2) is 0 Å². The lowest BCUT2D eigenvalue weighted by Gasteiger charge is -2.01. The van der Waals surface area contributed by atoms with E-state index in [1.165, 1.54) is 22.3 Å². The lowest BCUT2D eigenvalue weighted by molar-refractivity contribution is 0.0686. The first-order valence-electron chi connectivity index (χ1n) is 10.7. The number of aryl methyl sites for hydroxylation is 2. The minimum atomic E-state index is -0.879. The molecule has 0 spiro atoms. The standard InChI is InChI=1S/C16H16.2C7H6O2/c1-13-7-3-5-9-15(13)11-12-16-10-6-4-8-14(16)2;2*8-7(9)6-4-2-1-3-5-6/h3-12H,1-2H3;2*1-5H,(H,8,9). The second-order valence-electron chi connectivity index (χ2n) is 7.39. The van der Waals surface area contributed by atoms with Crippen LogP contribution in [0.2, 0.25) is 0 Å². The fourth-order valence-electron chi connectivity index (χ4n) is 2.89. The Morgan fingerprint density at radius 2 is 0.794 bits per heavy atom. The zero-order valence-electron chi connectivity index (χ0n) is 19.3. The van der Waals surface area contributed by atoms with Crippen molar-refractivity contribution in [2.45, 2.75) is 13.8 Å². The quantitative estimate of drug-likeness (QED) is 0.320. The maximum Gasteiger partial charge on any atom is 0.335 e. The molecule has 4 heteroatoms. The van der Waals surface area contributed by atoms with Crippen LogP contribution in [-0.2, 0) is 0 Å². The third-order valence-corrected chi connectivity index (χ3v) is 4.86. The summed E-state index contributed by atoms with van der Waals surface area (Å²) in [4.78, 5) is 20.4. The van der Waals surface area contributed by atoms with E-state index in [1.54, 1.807) is 60.7 Å². The van der Waals surface area contributed by atoms with Gasteiger partial charge in [-0.2, -0.15) is 0 Å².